The molecule has 4 rings (SSSR count). The molecule has 0 N–H and O–H groups in total. The summed E-state index contributed by atoms with van der Waals surface area (Å²) < 4.78 is 11.2. The van der Waals surface area contributed by atoms with Crippen LogP contribution in [0.3, 0.4) is 0 Å². The first kappa shape index (κ1) is 17.3. The lowest BCUT2D eigenvalue weighted by Gasteiger charge is -2.27. The van der Waals surface area contributed by atoms with Crippen molar-refractivity contribution in [1.82, 2.24) is 0 Å². The number of benzene rings is 3. The van der Waals surface area contributed by atoms with Crippen molar-refractivity contribution in [2.24, 2.45) is 0 Å². The molecule has 0 saturated carbocycles. The topological polar surface area (TPSA) is 35.5 Å². The van der Waals surface area contributed by atoms with Gasteiger partial charge >= 0.3 is 0 Å². The van der Waals surface area contributed by atoms with Crippen LogP contribution in [0.15, 0.2) is 72.8 Å². The normalized spacial score (nSPS) is 15.5. The van der Waals surface area contributed by atoms with E-state index >= 15 is 0 Å². The minimum Gasteiger partial charge on any atom is -0.497 e. The molecule has 0 spiro atoms. The van der Waals surface area contributed by atoms with E-state index in [1.165, 1.54) is 5.56 Å². The second kappa shape index (κ2) is 7.67. The summed E-state index contributed by atoms with van der Waals surface area (Å²) in [5.41, 5.74) is 3.72. The number of ketones is 1. The van der Waals surface area contributed by atoms with Gasteiger partial charge in [-0.3, -0.25) is 4.79 Å². The van der Waals surface area contributed by atoms with Crippen LogP contribution in [0.2, 0.25) is 0 Å². The number of fused-ring (bicyclic) bond motifs is 1. The van der Waals surface area contributed by atoms with Crippen molar-refractivity contribution in [3.8, 4) is 11.5 Å². The van der Waals surface area contributed by atoms with Gasteiger partial charge in [0.1, 0.15) is 11.5 Å². The summed E-state index contributed by atoms with van der Waals surface area (Å²) in [6.07, 6.45) is 1.87. The monoisotopic (exact) mass is 358 g/mol. The van der Waals surface area contributed by atoms with Crippen molar-refractivity contribution in [1.29, 1.82) is 0 Å². The van der Waals surface area contributed by atoms with E-state index in [0.717, 1.165) is 29.9 Å². The molecule has 0 bridgehead atoms. The van der Waals surface area contributed by atoms with Crippen molar-refractivity contribution in [2.75, 3.05) is 13.7 Å². The van der Waals surface area contributed by atoms with Crippen LogP contribution in [0.4, 0.5) is 0 Å². The van der Waals surface area contributed by atoms with E-state index in [2.05, 4.69) is 18.2 Å². The molecule has 0 fully saturated rings. The number of rotatable bonds is 5. The van der Waals surface area contributed by atoms with Crippen LogP contribution in [-0.2, 0) is 6.42 Å². The lowest BCUT2D eigenvalue weighted by atomic mass is 9.85. The molecule has 0 unspecified atom stereocenters. The summed E-state index contributed by atoms with van der Waals surface area (Å²) in [6.45, 7) is 0.632. The largest absolute Gasteiger partial charge is 0.497 e. The summed E-state index contributed by atoms with van der Waals surface area (Å²) in [7, 11) is 1.68. The van der Waals surface area contributed by atoms with Crippen LogP contribution in [0.5, 0.6) is 11.5 Å². The minimum atomic E-state index is 0.0116. The zero-order valence-corrected chi connectivity index (χ0v) is 15.4. The highest BCUT2D eigenvalue weighted by Gasteiger charge is 2.26. The molecule has 0 radical (unpaired) electrons. The summed E-state index contributed by atoms with van der Waals surface area (Å²) in [4.78, 5) is 13.0. The SMILES string of the molecule is COc1ccc(C[C@@H]2CCOc3c(C(=O)c4ccccc4)cccc32)cc1. The van der Waals surface area contributed by atoms with Gasteiger partial charge in [-0.15, -0.1) is 0 Å². The summed E-state index contributed by atoms with van der Waals surface area (Å²) in [5, 5.41) is 0. The zero-order chi connectivity index (χ0) is 18.6. The smallest absolute Gasteiger partial charge is 0.196 e. The van der Waals surface area contributed by atoms with Gasteiger partial charge in [0.25, 0.3) is 0 Å². The standard InChI is InChI=1S/C24H22O3/c1-26-20-12-10-17(11-13-20)16-19-14-15-27-24-21(19)8-5-9-22(24)23(25)18-6-3-2-4-7-18/h2-13,19H,14-16H2,1H3/t19-/m0/s1. The molecule has 136 valence electrons. The Bertz CT molecular complexity index is 930. The highest BCUT2D eigenvalue weighted by molar-refractivity contribution is 6.11. The fraction of sp³-hybridized carbons (Fsp3) is 0.208. The average Bonchev–Trinajstić information content (AvgIpc) is 2.74. The molecule has 3 aromatic rings. The molecule has 3 heteroatoms. The Morgan fingerprint density at radius 2 is 1.78 bits per heavy atom. The molecule has 0 saturated heterocycles. The molecule has 27 heavy (non-hydrogen) atoms. The Labute approximate surface area is 159 Å². The third kappa shape index (κ3) is 3.59. The zero-order valence-electron chi connectivity index (χ0n) is 15.4. The predicted octanol–water partition coefficient (Wildman–Crippen LogP) is 5.04. The third-order valence-corrected chi connectivity index (χ3v) is 5.12. The molecule has 3 aromatic carbocycles. The Hall–Kier alpha value is -3.07. The van der Waals surface area contributed by atoms with Gasteiger partial charge in [0.15, 0.2) is 5.78 Å². The molecule has 1 heterocycles. The Kier molecular flexibility index (Phi) is 4.93. The fourth-order valence-electron chi connectivity index (χ4n) is 3.68. The molecule has 0 aliphatic carbocycles. The van der Waals surface area contributed by atoms with Gasteiger partial charge < -0.3 is 9.47 Å². The number of carbonyl (C=O) groups excluding carboxylic acids is 1. The Morgan fingerprint density at radius 1 is 1.00 bits per heavy atom. The quantitative estimate of drug-likeness (QED) is 0.600. The number of para-hydroxylation sites is 1. The molecular weight excluding hydrogens is 336 g/mol. The van der Waals surface area contributed by atoms with E-state index in [0.29, 0.717) is 23.7 Å². The third-order valence-electron chi connectivity index (χ3n) is 5.12. The molecule has 3 nitrogen and oxygen atoms in total. The maximum Gasteiger partial charge on any atom is 0.196 e. The maximum absolute atomic E-state index is 13.0. The van der Waals surface area contributed by atoms with Gasteiger partial charge in [-0.1, -0.05) is 54.6 Å². The van der Waals surface area contributed by atoms with Gasteiger partial charge in [-0.05, 0) is 48.1 Å². The van der Waals surface area contributed by atoms with Crippen molar-refractivity contribution >= 4 is 5.78 Å². The van der Waals surface area contributed by atoms with E-state index < -0.39 is 0 Å². The van der Waals surface area contributed by atoms with Crippen LogP contribution in [0.1, 0.15) is 39.4 Å². The van der Waals surface area contributed by atoms with E-state index in [9.17, 15) is 4.79 Å². The lowest BCUT2D eigenvalue weighted by Crippen LogP contribution is -2.19. The molecular formula is C24H22O3. The number of carbonyl (C=O) groups is 1. The van der Waals surface area contributed by atoms with Crippen LogP contribution in [-0.4, -0.2) is 19.5 Å². The lowest BCUT2D eigenvalue weighted by molar-refractivity contribution is 0.103. The number of ether oxygens (including phenoxy) is 2. The highest BCUT2D eigenvalue weighted by atomic mass is 16.5. The summed E-state index contributed by atoms with van der Waals surface area (Å²) in [6, 6.07) is 23.5. The van der Waals surface area contributed by atoms with E-state index in [-0.39, 0.29) is 5.78 Å². The van der Waals surface area contributed by atoms with Crippen molar-refractivity contribution in [2.45, 2.75) is 18.8 Å². The van der Waals surface area contributed by atoms with E-state index in [4.69, 9.17) is 9.47 Å². The van der Waals surface area contributed by atoms with Crippen molar-refractivity contribution < 1.29 is 14.3 Å². The van der Waals surface area contributed by atoms with Gasteiger partial charge in [-0.25, -0.2) is 0 Å². The van der Waals surface area contributed by atoms with Gasteiger partial charge in [0.05, 0.1) is 19.3 Å². The second-order valence-electron chi connectivity index (χ2n) is 6.81. The molecule has 1 atom stereocenters. The van der Waals surface area contributed by atoms with E-state index in [1.54, 1.807) is 7.11 Å². The number of hydrogen-bond acceptors (Lipinski definition) is 3. The summed E-state index contributed by atoms with van der Waals surface area (Å²) >= 11 is 0. The second-order valence-corrected chi connectivity index (χ2v) is 6.81. The van der Waals surface area contributed by atoms with Crippen LogP contribution < -0.4 is 9.47 Å². The maximum atomic E-state index is 13.0. The minimum absolute atomic E-state index is 0.0116. The van der Waals surface area contributed by atoms with Crippen molar-refractivity contribution in [3.63, 3.8) is 0 Å². The van der Waals surface area contributed by atoms with Gasteiger partial charge in [0.2, 0.25) is 0 Å². The van der Waals surface area contributed by atoms with Gasteiger partial charge in [0, 0.05) is 5.56 Å². The first-order chi connectivity index (χ1) is 13.3. The first-order valence-electron chi connectivity index (χ1n) is 9.24. The van der Waals surface area contributed by atoms with Crippen LogP contribution >= 0.6 is 0 Å². The fourth-order valence-corrected chi connectivity index (χ4v) is 3.68. The molecule has 0 aromatic heterocycles. The predicted molar refractivity (Wildman–Crippen MR) is 106 cm³/mol. The Morgan fingerprint density at radius 3 is 2.52 bits per heavy atom. The average molecular weight is 358 g/mol. The van der Waals surface area contributed by atoms with Crippen LogP contribution in [0, 0.1) is 0 Å². The number of hydrogen-bond donors (Lipinski definition) is 0. The van der Waals surface area contributed by atoms with Crippen LogP contribution in [0.25, 0.3) is 0 Å². The summed E-state index contributed by atoms with van der Waals surface area (Å²) in [5.74, 6) is 1.96. The first-order valence-corrected chi connectivity index (χ1v) is 9.24. The number of methoxy groups -OCH3 is 1. The molecule has 1 aliphatic rings. The Balaban J connectivity index is 1.64. The molecule has 1 aliphatic heterocycles. The van der Waals surface area contributed by atoms with Gasteiger partial charge in [-0.2, -0.15) is 0 Å². The highest BCUT2D eigenvalue weighted by Crippen LogP contribution is 2.39. The molecule has 0 amide bonds. The van der Waals surface area contributed by atoms with E-state index in [1.807, 2.05) is 54.6 Å². The van der Waals surface area contributed by atoms with Crippen molar-refractivity contribution in [3.05, 3.63) is 95.1 Å².